The van der Waals surface area contributed by atoms with Crippen LogP contribution in [-0.2, 0) is 6.54 Å². The predicted octanol–water partition coefficient (Wildman–Crippen LogP) is 2.87. The molecule has 0 N–H and O–H groups in total. The molecule has 2 aliphatic rings. The fraction of sp³-hybridized carbons (Fsp3) is 0.533. The molecule has 1 saturated carbocycles. The first kappa shape index (κ1) is 11.6. The fourth-order valence-electron chi connectivity index (χ4n) is 3.36. The zero-order chi connectivity index (χ0) is 12.5. The SMILES string of the molecule is CN1C(=O)N(Cc2ccccc2)[C@@H]2CCCC[C@H]21. The van der Waals surface area contributed by atoms with Crippen LogP contribution in [0.1, 0.15) is 31.2 Å². The maximum absolute atomic E-state index is 12.3. The van der Waals surface area contributed by atoms with Gasteiger partial charge in [0.25, 0.3) is 0 Å². The molecule has 0 unspecified atom stereocenters. The molecule has 1 aromatic rings. The van der Waals surface area contributed by atoms with E-state index in [-0.39, 0.29) is 6.03 Å². The lowest BCUT2D eigenvalue weighted by molar-refractivity contribution is 0.185. The van der Waals surface area contributed by atoms with Crippen molar-refractivity contribution in [3.63, 3.8) is 0 Å². The molecule has 1 aliphatic heterocycles. The third-order valence-corrected chi connectivity index (χ3v) is 4.33. The zero-order valence-electron chi connectivity index (χ0n) is 10.9. The van der Waals surface area contributed by atoms with Crippen LogP contribution in [0.2, 0.25) is 0 Å². The second-order valence-corrected chi connectivity index (χ2v) is 5.43. The minimum absolute atomic E-state index is 0.204. The molecule has 3 heteroatoms. The Balaban J connectivity index is 1.80. The zero-order valence-corrected chi connectivity index (χ0v) is 10.9. The molecule has 1 saturated heterocycles. The van der Waals surface area contributed by atoms with E-state index in [0.717, 1.165) is 19.4 Å². The molecule has 2 fully saturated rings. The summed E-state index contributed by atoms with van der Waals surface area (Å²) in [4.78, 5) is 16.3. The molecule has 1 aliphatic carbocycles. The van der Waals surface area contributed by atoms with Crippen LogP contribution in [0.4, 0.5) is 4.79 Å². The summed E-state index contributed by atoms with van der Waals surface area (Å²) in [5.74, 6) is 0. The summed E-state index contributed by atoms with van der Waals surface area (Å²) in [6.45, 7) is 0.755. The van der Waals surface area contributed by atoms with Gasteiger partial charge < -0.3 is 9.80 Å². The van der Waals surface area contributed by atoms with Crippen LogP contribution in [0.3, 0.4) is 0 Å². The second-order valence-electron chi connectivity index (χ2n) is 5.43. The molecule has 0 spiro atoms. The summed E-state index contributed by atoms with van der Waals surface area (Å²) in [6, 6.07) is 11.4. The van der Waals surface area contributed by atoms with Crippen molar-refractivity contribution < 1.29 is 4.79 Å². The number of fused-ring (bicyclic) bond motifs is 1. The number of benzene rings is 1. The largest absolute Gasteiger partial charge is 0.323 e. The van der Waals surface area contributed by atoms with Gasteiger partial charge in [-0.2, -0.15) is 0 Å². The number of carbonyl (C=O) groups excluding carboxylic acids is 1. The Morgan fingerprint density at radius 2 is 1.78 bits per heavy atom. The molecule has 1 aromatic carbocycles. The van der Waals surface area contributed by atoms with Gasteiger partial charge >= 0.3 is 6.03 Å². The van der Waals surface area contributed by atoms with Crippen LogP contribution in [0, 0.1) is 0 Å². The molecule has 0 radical (unpaired) electrons. The van der Waals surface area contributed by atoms with Crippen molar-refractivity contribution in [1.29, 1.82) is 0 Å². The topological polar surface area (TPSA) is 23.6 Å². The van der Waals surface area contributed by atoms with Gasteiger partial charge in [0.1, 0.15) is 0 Å². The maximum Gasteiger partial charge on any atom is 0.320 e. The standard InChI is InChI=1S/C15H20N2O/c1-16-13-9-5-6-10-14(13)17(15(16)18)11-12-7-3-2-4-8-12/h2-4,7-8,13-14H,5-6,9-11H2,1H3/t13-,14-/m1/s1. The molecule has 96 valence electrons. The molecule has 2 atom stereocenters. The molecule has 1 heterocycles. The molecule has 3 nitrogen and oxygen atoms in total. The van der Waals surface area contributed by atoms with Gasteiger partial charge in [-0.3, -0.25) is 0 Å². The molecule has 0 aromatic heterocycles. The normalized spacial score (nSPS) is 27.5. The average molecular weight is 244 g/mol. The van der Waals surface area contributed by atoms with Gasteiger partial charge in [0.05, 0.1) is 12.1 Å². The summed E-state index contributed by atoms with van der Waals surface area (Å²) >= 11 is 0. The van der Waals surface area contributed by atoms with E-state index in [9.17, 15) is 4.79 Å². The van der Waals surface area contributed by atoms with Gasteiger partial charge in [-0.15, -0.1) is 0 Å². The van der Waals surface area contributed by atoms with Gasteiger partial charge in [-0.25, -0.2) is 4.79 Å². The van der Waals surface area contributed by atoms with Crippen LogP contribution in [-0.4, -0.2) is 35.0 Å². The lowest BCUT2D eigenvalue weighted by Gasteiger charge is -2.31. The van der Waals surface area contributed by atoms with Crippen LogP contribution < -0.4 is 0 Å². The fourth-order valence-corrected chi connectivity index (χ4v) is 3.36. The van der Waals surface area contributed by atoms with Gasteiger partial charge in [0, 0.05) is 13.6 Å². The molecule has 3 rings (SSSR count). The number of hydrogen-bond acceptors (Lipinski definition) is 1. The van der Waals surface area contributed by atoms with Gasteiger partial charge in [0.2, 0.25) is 0 Å². The van der Waals surface area contributed by atoms with Gasteiger partial charge in [0.15, 0.2) is 0 Å². The van der Waals surface area contributed by atoms with Crippen molar-refractivity contribution in [3.05, 3.63) is 35.9 Å². The third kappa shape index (κ3) is 1.88. The number of hydrogen-bond donors (Lipinski definition) is 0. The number of nitrogens with zero attached hydrogens (tertiary/aromatic N) is 2. The minimum atomic E-state index is 0.204. The van der Waals surface area contributed by atoms with Crippen molar-refractivity contribution >= 4 is 6.03 Å². The summed E-state index contributed by atoms with van der Waals surface area (Å²) < 4.78 is 0. The minimum Gasteiger partial charge on any atom is -0.323 e. The lowest BCUT2D eigenvalue weighted by atomic mass is 9.90. The van der Waals surface area contributed by atoms with E-state index in [1.807, 2.05) is 30.1 Å². The molecular formula is C15H20N2O. The third-order valence-electron chi connectivity index (χ3n) is 4.33. The van der Waals surface area contributed by atoms with Crippen molar-refractivity contribution in [3.8, 4) is 0 Å². The van der Waals surface area contributed by atoms with Gasteiger partial charge in [-0.1, -0.05) is 43.2 Å². The lowest BCUT2D eigenvalue weighted by Crippen LogP contribution is -2.38. The highest BCUT2D eigenvalue weighted by Crippen LogP contribution is 2.33. The van der Waals surface area contributed by atoms with E-state index in [1.54, 1.807) is 0 Å². The molecule has 2 amide bonds. The monoisotopic (exact) mass is 244 g/mol. The Morgan fingerprint density at radius 1 is 1.11 bits per heavy atom. The number of carbonyl (C=O) groups is 1. The highest BCUT2D eigenvalue weighted by Gasteiger charge is 2.44. The van der Waals surface area contributed by atoms with E-state index >= 15 is 0 Å². The van der Waals surface area contributed by atoms with Crippen LogP contribution in [0.15, 0.2) is 30.3 Å². The quantitative estimate of drug-likeness (QED) is 0.784. The highest BCUT2D eigenvalue weighted by molar-refractivity contribution is 5.77. The van der Waals surface area contributed by atoms with Crippen LogP contribution in [0.25, 0.3) is 0 Å². The first-order chi connectivity index (χ1) is 8.77. The Labute approximate surface area is 108 Å². The van der Waals surface area contributed by atoms with Crippen molar-refractivity contribution in [2.75, 3.05) is 7.05 Å². The maximum atomic E-state index is 12.3. The van der Waals surface area contributed by atoms with Crippen molar-refractivity contribution in [2.24, 2.45) is 0 Å². The van der Waals surface area contributed by atoms with Crippen LogP contribution >= 0.6 is 0 Å². The number of likely N-dealkylation sites (N-methyl/N-ethyl adjacent to an activating group) is 1. The van der Waals surface area contributed by atoms with E-state index in [0.29, 0.717) is 12.1 Å². The average Bonchev–Trinajstić information content (AvgIpc) is 2.66. The second kappa shape index (κ2) is 4.63. The smallest absolute Gasteiger partial charge is 0.320 e. The summed E-state index contributed by atoms with van der Waals surface area (Å²) in [7, 11) is 1.95. The number of amides is 2. The van der Waals surface area contributed by atoms with E-state index in [2.05, 4.69) is 17.0 Å². The highest BCUT2D eigenvalue weighted by atomic mass is 16.2. The van der Waals surface area contributed by atoms with Crippen molar-refractivity contribution in [2.45, 2.75) is 44.3 Å². The predicted molar refractivity (Wildman–Crippen MR) is 71.2 cm³/mol. The first-order valence-corrected chi connectivity index (χ1v) is 6.85. The molecular weight excluding hydrogens is 224 g/mol. The Kier molecular flexibility index (Phi) is 2.98. The summed E-state index contributed by atoms with van der Waals surface area (Å²) in [6.07, 6.45) is 4.84. The van der Waals surface area contributed by atoms with Gasteiger partial charge in [-0.05, 0) is 18.4 Å². The Hall–Kier alpha value is -1.51. The van der Waals surface area contributed by atoms with Crippen LogP contribution in [0.5, 0.6) is 0 Å². The number of urea groups is 1. The summed E-state index contributed by atoms with van der Waals surface area (Å²) in [5.41, 5.74) is 1.23. The van der Waals surface area contributed by atoms with E-state index in [4.69, 9.17) is 0 Å². The summed E-state index contributed by atoms with van der Waals surface area (Å²) in [5, 5.41) is 0. The molecule has 0 bridgehead atoms. The van der Waals surface area contributed by atoms with E-state index in [1.165, 1.54) is 18.4 Å². The first-order valence-electron chi connectivity index (χ1n) is 6.85. The van der Waals surface area contributed by atoms with Crippen molar-refractivity contribution in [1.82, 2.24) is 9.80 Å². The molecule has 18 heavy (non-hydrogen) atoms. The number of rotatable bonds is 2. The van der Waals surface area contributed by atoms with E-state index < -0.39 is 0 Å². The Morgan fingerprint density at radius 3 is 2.50 bits per heavy atom. The Bertz CT molecular complexity index is 431.